The molecular formula is C32H29BrN2O6S. The van der Waals surface area contributed by atoms with E-state index in [1.807, 2.05) is 60.7 Å². The fraction of sp³-hybridized carbons (Fsp3) is 0.219. The van der Waals surface area contributed by atoms with E-state index in [0.29, 0.717) is 54.5 Å². The molecule has 5 rings (SSSR count). The van der Waals surface area contributed by atoms with Crippen LogP contribution in [0.4, 0.5) is 0 Å². The highest BCUT2D eigenvalue weighted by molar-refractivity contribution is 9.10. The Balaban J connectivity index is 1.57. The van der Waals surface area contributed by atoms with E-state index in [1.165, 1.54) is 11.3 Å². The van der Waals surface area contributed by atoms with Crippen LogP contribution in [0, 0.1) is 0 Å². The average Bonchev–Trinajstić information content (AvgIpc) is 3.29. The predicted molar refractivity (Wildman–Crippen MR) is 165 cm³/mol. The first-order chi connectivity index (χ1) is 20.3. The van der Waals surface area contributed by atoms with Crippen LogP contribution in [0.1, 0.15) is 36.6 Å². The van der Waals surface area contributed by atoms with Gasteiger partial charge in [0, 0.05) is 0 Å². The topological polar surface area (TPSA) is 88.4 Å². The van der Waals surface area contributed by atoms with Crippen molar-refractivity contribution in [3.8, 4) is 17.2 Å². The van der Waals surface area contributed by atoms with Crippen LogP contribution in [-0.4, -0.2) is 31.4 Å². The van der Waals surface area contributed by atoms with E-state index in [2.05, 4.69) is 20.9 Å². The molecule has 1 unspecified atom stereocenters. The molecule has 4 aromatic rings. The molecule has 0 fully saturated rings. The minimum absolute atomic E-state index is 0.200. The number of allylic oxidation sites excluding steroid dienone is 1. The van der Waals surface area contributed by atoms with E-state index < -0.39 is 12.0 Å². The van der Waals surface area contributed by atoms with Crippen LogP contribution >= 0.6 is 27.3 Å². The lowest BCUT2D eigenvalue weighted by atomic mass is 9.96. The summed E-state index contributed by atoms with van der Waals surface area (Å²) in [7, 11) is 3.16. The number of fused-ring (bicyclic) bond motifs is 1. The van der Waals surface area contributed by atoms with Gasteiger partial charge in [-0.1, -0.05) is 53.8 Å². The van der Waals surface area contributed by atoms with Crippen molar-refractivity contribution in [3.63, 3.8) is 0 Å². The smallest absolute Gasteiger partial charge is 0.338 e. The van der Waals surface area contributed by atoms with Crippen molar-refractivity contribution in [1.82, 2.24) is 4.57 Å². The molecule has 0 spiro atoms. The SMILES string of the molecule is CCOC(=O)C1=C(C)N=c2s/c(=C\c3ccc(OCc4ccccc4)c(OC)c3)c(=O)n2C1c1ccc(OC)c(Br)c1. The second-order valence-corrected chi connectivity index (χ2v) is 11.2. The van der Waals surface area contributed by atoms with Gasteiger partial charge in [-0.05, 0) is 76.8 Å². The molecule has 3 aromatic carbocycles. The van der Waals surface area contributed by atoms with Crippen LogP contribution in [-0.2, 0) is 16.1 Å². The van der Waals surface area contributed by atoms with E-state index in [4.69, 9.17) is 18.9 Å². The van der Waals surface area contributed by atoms with Crippen molar-refractivity contribution in [2.75, 3.05) is 20.8 Å². The summed E-state index contributed by atoms with van der Waals surface area (Å²) in [6.45, 7) is 4.10. The van der Waals surface area contributed by atoms with E-state index in [0.717, 1.165) is 11.1 Å². The molecule has 1 aliphatic rings. The van der Waals surface area contributed by atoms with Crippen molar-refractivity contribution < 1.29 is 23.7 Å². The van der Waals surface area contributed by atoms with Gasteiger partial charge in [-0.2, -0.15) is 0 Å². The fourth-order valence-electron chi connectivity index (χ4n) is 4.74. The first kappa shape index (κ1) is 29.3. The molecule has 1 atom stereocenters. The third-order valence-corrected chi connectivity index (χ3v) is 8.33. The van der Waals surface area contributed by atoms with Crippen molar-refractivity contribution in [3.05, 3.63) is 119 Å². The maximum absolute atomic E-state index is 13.9. The van der Waals surface area contributed by atoms with Gasteiger partial charge in [0.2, 0.25) is 0 Å². The Morgan fingerprint density at radius 1 is 1.02 bits per heavy atom. The molecule has 0 radical (unpaired) electrons. The zero-order chi connectivity index (χ0) is 29.8. The average molecular weight is 650 g/mol. The van der Waals surface area contributed by atoms with Crippen LogP contribution in [0.2, 0.25) is 0 Å². The van der Waals surface area contributed by atoms with Gasteiger partial charge in [0.25, 0.3) is 5.56 Å². The number of esters is 1. The highest BCUT2D eigenvalue weighted by Gasteiger charge is 2.33. The predicted octanol–water partition coefficient (Wildman–Crippen LogP) is 5.16. The number of nitrogens with zero attached hydrogens (tertiary/aromatic N) is 2. The molecule has 216 valence electrons. The summed E-state index contributed by atoms with van der Waals surface area (Å²) in [5.41, 5.74) is 3.06. The van der Waals surface area contributed by atoms with Crippen molar-refractivity contribution in [2.24, 2.45) is 4.99 Å². The van der Waals surface area contributed by atoms with E-state index in [9.17, 15) is 9.59 Å². The van der Waals surface area contributed by atoms with Crippen LogP contribution in [0.5, 0.6) is 17.2 Å². The molecule has 0 amide bonds. The summed E-state index contributed by atoms with van der Waals surface area (Å²) >= 11 is 4.79. The van der Waals surface area contributed by atoms with E-state index >= 15 is 0 Å². The Kier molecular flexibility index (Phi) is 8.94. The molecule has 0 saturated heterocycles. The van der Waals surface area contributed by atoms with Crippen molar-refractivity contribution in [1.29, 1.82) is 0 Å². The second kappa shape index (κ2) is 12.8. The van der Waals surface area contributed by atoms with Crippen LogP contribution in [0.15, 0.2) is 92.3 Å². The molecular weight excluding hydrogens is 620 g/mol. The number of carbonyl (C=O) groups is 1. The molecule has 0 bridgehead atoms. The number of aromatic nitrogens is 1. The zero-order valence-corrected chi connectivity index (χ0v) is 26.0. The standard InChI is InChI=1S/C32H29BrN2O6S/c1-5-40-31(37)28-19(2)34-32-35(29(28)22-12-14-24(38-3)23(33)17-22)30(36)27(42-32)16-21-11-13-25(26(15-21)39-4)41-18-20-9-7-6-8-10-20/h6-17,29H,5,18H2,1-4H3/b27-16-. The Morgan fingerprint density at radius 3 is 2.45 bits per heavy atom. The van der Waals surface area contributed by atoms with Gasteiger partial charge in [0.1, 0.15) is 12.4 Å². The van der Waals surface area contributed by atoms with Gasteiger partial charge in [0.05, 0.1) is 47.1 Å². The van der Waals surface area contributed by atoms with Crippen molar-refractivity contribution in [2.45, 2.75) is 26.5 Å². The number of rotatable bonds is 9. The molecule has 8 nitrogen and oxygen atoms in total. The fourth-order valence-corrected chi connectivity index (χ4v) is 6.34. The lowest BCUT2D eigenvalue weighted by Crippen LogP contribution is -2.39. The molecule has 10 heteroatoms. The van der Waals surface area contributed by atoms with E-state index in [-0.39, 0.29) is 12.2 Å². The van der Waals surface area contributed by atoms with Crippen molar-refractivity contribution >= 4 is 39.3 Å². The number of benzene rings is 3. The normalized spacial score (nSPS) is 14.7. The highest BCUT2D eigenvalue weighted by Crippen LogP contribution is 2.35. The maximum Gasteiger partial charge on any atom is 0.338 e. The quantitative estimate of drug-likeness (QED) is 0.233. The second-order valence-electron chi connectivity index (χ2n) is 9.38. The van der Waals surface area contributed by atoms with Gasteiger partial charge in [0.15, 0.2) is 16.3 Å². The minimum Gasteiger partial charge on any atom is -0.496 e. The van der Waals surface area contributed by atoms with E-state index in [1.54, 1.807) is 44.8 Å². The molecule has 1 aliphatic heterocycles. The number of carbonyl (C=O) groups excluding carboxylic acids is 1. The molecule has 1 aromatic heterocycles. The zero-order valence-electron chi connectivity index (χ0n) is 23.5. The molecule has 0 aliphatic carbocycles. The third kappa shape index (κ3) is 5.91. The molecule has 2 heterocycles. The summed E-state index contributed by atoms with van der Waals surface area (Å²) in [5.74, 6) is 1.27. The lowest BCUT2D eigenvalue weighted by molar-refractivity contribution is -0.139. The first-order valence-corrected chi connectivity index (χ1v) is 14.8. The number of methoxy groups -OCH3 is 2. The summed E-state index contributed by atoms with van der Waals surface area (Å²) in [6, 6.07) is 20.1. The van der Waals surface area contributed by atoms with Gasteiger partial charge in [-0.3, -0.25) is 9.36 Å². The third-order valence-electron chi connectivity index (χ3n) is 6.73. The van der Waals surface area contributed by atoms with Gasteiger partial charge in [-0.15, -0.1) is 0 Å². The molecule has 0 N–H and O–H groups in total. The first-order valence-electron chi connectivity index (χ1n) is 13.2. The van der Waals surface area contributed by atoms with Gasteiger partial charge < -0.3 is 18.9 Å². The number of ether oxygens (including phenoxy) is 4. The Morgan fingerprint density at radius 2 is 1.76 bits per heavy atom. The maximum atomic E-state index is 13.9. The summed E-state index contributed by atoms with van der Waals surface area (Å²) in [4.78, 5) is 32.2. The van der Waals surface area contributed by atoms with Gasteiger partial charge >= 0.3 is 5.97 Å². The Labute approximate surface area is 255 Å². The Hall–Kier alpha value is -4.15. The minimum atomic E-state index is -0.729. The number of hydrogen-bond donors (Lipinski definition) is 0. The summed E-state index contributed by atoms with van der Waals surface area (Å²) in [5, 5.41) is 0. The number of hydrogen-bond acceptors (Lipinski definition) is 8. The number of thiazole rings is 1. The van der Waals surface area contributed by atoms with Crippen LogP contribution < -0.4 is 29.1 Å². The van der Waals surface area contributed by atoms with Gasteiger partial charge in [-0.25, -0.2) is 9.79 Å². The number of halogens is 1. The summed E-state index contributed by atoms with van der Waals surface area (Å²) < 4.78 is 25.1. The monoisotopic (exact) mass is 648 g/mol. The Bertz CT molecular complexity index is 1840. The largest absolute Gasteiger partial charge is 0.496 e. The molecule has 42 heavy (non-hydrogen) atoms. The van der Waals surface area contributed by atoms with Crippen LogP contribution in [0.25, 0.3) is 6.08 Å². The highest BCUT2D eigenvalue weighted by atomic mass is 79.9. The summed E-state index contributed by atoms with van der Waals surface area (Å²) in [6.07, 6.45) is 1.79. The van der Waals surface area contributed by atoms with Crippen LogP contribution in [0.3, 0.4) is 0 Å². The lowest BCUT2D eigenvalue weighted by Gasteiger charge is -2.25. The molecule has 0 saturated carbocycles.